The zero-order chi connectivity index (χ0) is 16.4. The van der Waals surface area contributed by atoms with Crippen molar-refractivity contribution in [2.75, 3.05) is 0 Å². The summed E-state index contributed by atoms with van der Waals surface area (Å²) in [7, 11) is 0. The van der Waals surface area contributed by atoms with Crippen LogP contribution in [0.4, 0.5) is 0 Å². The highest BCUT2D eigenvalue weighted by molar-refractivity contribution is 5.30. The van der Waals surface area contributed by atoms with Crippen LogP contribution in [0.15, 0.2) is 30.5 Å². The van der Waals surface area contributed by atoms with Gasteiger partial charge in [0.25, 0.3) is 0 Å². The van der Waals surface area contributed by atoms with Gasteiger partial charge in [-0.3, -0.25) is 0 Å². The zero-order valence-corrected chi connectivity index (χ0v) is 14.6. The maximum atomic E-state index is 4.19. The predicted octanol–water partition coefficient (Wildman–Crippen LogP) is 3.77. The lowest BCUT2D eigenvalue weighted by Gasteiger charge is -2.29. The van der Waals surface area contributed by atoms with Gasteiger partial charge >= 0.3 is 0 Å². The summed E-state index contributed by atoms with van der Waals surface area (Å²) in [6, 6.07) is 9.14. The third-order valence-electron chi connectivity index (χ3n) is 3.66. The number of hydrogen-bond acceptors (Lipinski definition) is 3. The first-order valence-corrected chi connectivity index (χ1v) is 7.88. The molecule has 0 saturated heterocycles. The second-order valence-electron chi connectivity index (χ2n) is 7.98. The molecule has 120 valence electrons. The summed E-state index contributed by atoms with van der Waals surface area (Å²) < 4.78 is 0. The Bertz CT molecular complexity index is 571. The Kier molecular flexibility index (Phi) is 4.71. The van der Waals surface area contributed by atoms with Crippen LogP contribution in [0.2, 0.25) is 0 Å². The molecule has 4 heteroatoms. The fourth-order valence-electron chi connectivity index (χ4n) is 2.52. The molecule has 1 aromatic heterocycles. The number of aromatic nitrogens is 3. The molecule has 0 radical (unpaired) electrons. The van der Waals surface area contributed by atoms with Crippen LogP contribution in [0.1, 0.15) is 64.4 Å². The molecule has 0 amide bonds. The number of benzene rings is 1. The first kappa shape index (κ1) is 16.7. The van der Waals surface area contributed by atoms with E-state index in [1.54, 1.807) is 6.20 Å². The Balaban J connectivity index is 2.24. The largest absolute Gasteiger partial charge is 0.305 e. The van der Waals surface area contributed by atoms with Crippen molar-refractivity contribution < 1.29 is 0 Å². The molecular formula is C18H28N4. The van der Waals surface area contributed by atoms with Gasteiger partial charge in [-0.05, 0) is 37.3 Å². The minimum absolute atomic E-state index is 0.0388. The molecule has 0 bridgehead atoms. The summed E-state index contributed by atoms with van der Waals surface area (Å²) in [6.45, 7) is 13.3. The number of nitrogens with zero attached hydrogens (tertiary/aromatic N) is 2. The second kappa shape index (κ2) is 6.21. The van der Waals surface area contributed by atoms with Crippen molar-refractivity contribution in [3.63, 3.8) is 0 Å². The molecule has 0 aliphatic heterocycles. The van der Waals surface area contributed by atoms with Crippen molar-refractivity contribution >= 4 is 0 Å². The number of aromatic amines is 1. The Morgan fingerprint density at radius 1 is 1.05 bits per heavy atom. The fraction of sp³-hybridized carbons (Fsp3) is 0.556. The summed E-state index contributed by atoms with van der Waals surface area (Å²) in [5, 5.41) is 14.5. The first-order chi connectivity index (χ1) is 10.1. The zero-order valence-electron chi connectivity index (χ0n) is 14.6. The van der Waals surface area contributed by atoms with E-state index in [1.165, 1.54) is 11.1 Å². The predicted molar refractivity (Wildman–Crippen MR) is 90.9 cm³/mol. The molecule has 0 unspecified atom stereocenters. The van der Waals surface area contributed by atoms with Gasteiger partial charge in [0, 0.05) is 18.0 Å². The third kappa shape index (κ3) is 4.67. The van der Waals surface area contributed by atoms with Crippen molar-refractivity contribution in [2.24, 2.45) is 0 Å². The number of nitrogens with one attached hydrogen (secondary N) is 2. The fourth-order valence-corrected chi connectivity index (χ4v) is 2.52. The maximum absolute atomic E-state index is 4.19. The lowest BCUT2D eigenvalue weighted by atomic mass is 9.86. The van der Waals surface area contributed by atoms with Gasteiger partial charge in [-0.25, -0.2) is 0 Å². The van der Waals surface area contributed by atoms with E-state index in [2.05, 4.69) is 86.5 Å². The molecule has 2 aromatic rings. The Labute approximate surface area is 133 Å². The highest BCUT2D eigenvalue weighted by Gasteiger charge is 2.21. The average Bonchev–Trinajstić information content (AvgIpc) is 2.88. The molecule has 4 nitrogen and oxygen atoms in total. The van der Waals surface area contributed by atoms with Crippen LogP contribution in [0.25, 0.3) is 0 Å². The second-order valence-corrected chi connectivity index (χ2v) is 7.98. The van der Waals surface area contributed by atoms with E-state index in [4.69, 9.17) is 0 Å². The van der Waals surface area contributed by atoms with Gasteiger partial charge < -0.3 is 5.32 Å². The molecule has 0 spiro atoms. The minimum Gasteiger partial charge on any atom is -0.305 e. The molecule has 0 saturated carbocycles. The first-order valence-electron chi connectivity index (χ1n) is 7.88. The summed E-state index contributed by atoms with van der Waals surface area (Å²) in [4.78, 5) is 0. The summed E-state index contributed by atoms with van der Waals surface area (Å²) >= 11 is 0. The normalized spacial score (nSPS) is 14.1. The monoisotopic (exact) mass is 300 g/mol. The molecule has 2 rings (SSSR count). The Morgan fingerprint density at radius 2 is 1.68 bits per heavy atom. The molecular weight excluding hydrogens is 272 g/mol. The Hall–Kier alpha value is -1.68. The summed E-state index contributed by atoms with van der Waals surface area (Å²) in [5.74, 6) is 0. The summed E-state index contributed by atoms with van der Waals surface area (Å²) in [6.07, 6.45) is 2.61. The number of H-pyrrole nitrogens is 1. The highest BCUT2D eigenvalue weighted by Crippen LogP contribution is 2.26. The van der Waals surface area contributed by atoms with E-state index in [-0.39, 0.29) is 17.0 Å². The van der Waals surface area contributed by atoms with Gasteiger partial charge in [0.1, 0.15) is 0 Å². The number of hydrogen-bond donors (Lipinski definition) is 2. The summed E-state index contributed by atoms with van der Waals surface area (Å²) in [5.41, 5.74) is 3.83. The van der Waals surface area contributed by atoms with Crippen LogP contribution >= 0.6 is 0 Å². The lowest BCUT2D eigenvalue weighted by Crippen LogP contribution is -2.39. The van der Waals surface area contributed by atoms with Crippen molar-refractivity contribution in [3.8, 4) is 0 Å². The maximum Gasteiger partial charge on any atom is 0.0843 e. The quantitative estimate of drug-likeness (QED) is 0.903. The van der Waals surface area contributed by atoms with Crippen LogP contribution in [0, 0.1) is 0 Å². The third-order valence-corrected chi connectivity index (χ3v) is 3.66. The molecule has 0 aliphatic rings. The molecule has 1 aromatic carbocycles. The standard InChI is InChI=1S/C18H28N4/c1-17(2,3)14-9-7-13(8-10-14)16(20-18(4,5)6)11-15-12-19-22-21-15/h7-10,12,16,20H,11H2,1-6H3,(H,19,21,22)/t16-/m1/s1. The van der Waals surface area contributed by atoms with Crippen molar-refractivity contribution in [1.29, 1.82) is 0 Å². The van der Waals surface area contributed by atoms with Crippen LogP contribution in [-0.2, 0) is 11.8 Å². The van der Waals surface area contributed by atoms with Crippen molar-refractivity contribution in [1.82, 2.24) is 20.7 Å². The van der Waals surface area contributed by atoms with E-state index in [0.717, 1.165) is 12.1 Å². The molecule has 0 fully saturated rings. The molecule has 0 aliphatic carbocycles. The molecule has 1 heterocycles. The van der Waals surface area contributed by atoms with Crippen LogP contribution in [0.5, 0.6) is 0 Å². The molecule has 1 atom stereocenters. The Morgan fingerprint density at radius 3 is 2.14 bits per heavy atom. The van der Waals surface area contributed by atoms with Gasteiger partial charge in [0.15, 0.2) is 0 Å². The van der Waals surface area contributed by atoms with Gasteiger partial charge in [0.05, 0.1) is 11.9 Å². The van der Waals surface area contributed by atoms with Crippen LogP contribution in [-0.4, -0.2) is 20.9 Å². The van der Waals surface area contributed by atoms with Gasteiger partial charge in [0.2, 0.25) is 0 Å². The van der Waals surface area contributed by atoms with E-state index in [0.29, 0.717) is 0 Å². The SMILES string of the molecule is CC(C)(C)N[C@H](Cc1cn[nH]n1)c1ccc(C(C)(C)C)cc1. The molecule has 2 N–H and O–H groups in total. The lowest BCUT2D eigenvalue weighted by molar-refractivity contribution is 0.360. The van der Waals surface area contributed by atoms with Crippen LogP contribution in [0.3, 0.4) is 0 Å². The van der Waals surface area contributed by atoms with Gasteiger partial charge in [-0.1, -0.05) is 45.0 Å². The van der Waals surface area contributed by atoms with Crippen LogP contribution < -0.4 is 5.32 Å². The molecule has 22 heavy (non-hydrogen) atoms. The van der Waals surface area contributed by atoms with E-state index in [9.17, 15) is 0 Å². The van der Waals surface area contributed by atoms with Crippen molar-refractivity contribution in [3.05, 3.63) is 47.3 Å². The van der Waals surface area contributed by atoms with Crippen molar-refractivity contribution in [2.45, 2.75) is 65.0 Å². The topological polar surface area (TPSA) is 53.6 Å². The van der Waals surface area contributed by atoms with E-state index in [1.807, 2.05) is 0 Å². The number of rotatable bonds is 4. The smallest absolute Gasteiger partial charge is 0.0843 e. The van der Waals surface area contributed by atoms with Gasteiger partial charge in [-0.15, -0.1) is 0 Å². The average molecular weight is 300 g/mol. The van der Waals surface area contributed by atoms with Gasteiger partial charge in [-0.2, -0.15) is 15.4 Å². The van der Waals surface area contributed by atoms with E-state index < -0.39 is 0 Å². The highest BCUT2D eigenvalue weighted by atomic mass is 15.3. The minimum atomic E-state index is 0.0388. The van der Waals surface area contributed by atoms with E-state index >= 15 is 0 Å².